The Hall–Kier alpha value is -1.10. The molecule has 5 nitrogen and oxygen atoms in total. The molecule has 0 rings (SSSR count). The number of amides is 1. The van der Waals surface area contributed by atoms with Crippen molar-refractivity contribution < 1.29 is 19.4 Å². The molecule has 5 heteroatoms. The maximum absolute atomic E-state index is 11.6. The molecule has 0 aliphatic carbocycles. The number of carbonyl (C=O) groups excluding carboxylic acids is 1. The third-order valence-electron chi connectivity index (χ3n) is 2.08. The maximum Gasteiger partial charge on any atom is 0.303 e. The summed E-state index contributed by atoms with van der Waals surface area (Å²) in [6.45, 7) is 9.19. The number of ether oxygens (including phenoxy) is 1. The molecule has 0 saturated heterocycles. The van der Waals surface area contributed by atoms with E-state index < -0.39 is 11.5 Å². The number of aliphatic carboxylic acids is 1. The zero-order valence-electron chi connectivity index (χ0n) is 11.3. The van der Waals surface area contributed by atoms with Crippen LogP contribution in [0.1, 0.15) is 47.5 Å². The van der Waals surface area contributed by atoms with Gasteiger partial charge in [-0.3, -0.25) is 9.59 Å². The van der Waals surface area contributed by atoms with Crippen molar-refractivity contribution in [3.63, 3.8) is 0 Å². The molecule has 0 atom stereocenters. The minimum Gasteiger partial charge on any atom is -0.481 e. The standard InChI is InChI=1S/C12H23NO4/c1-11(2,3)17-8-9(14)13-12(4,5)7-6-10(15)16/h6-8H2,1-5H3,(H,13,14)(H,15,16). The van der Waals surface area contributed by atoms with Gasteiger partial charge in [0.05, 0.1) is 5.60 Å². The Morgan fingerprint density at radius 2 is 1.71 bits per heavy atom. The number of hydrogen-bond acceptors (Lipinski definition) is 3. The van der Waals surface area contributed by atoms with Crippen LogP contribution in [0.5, 0.6) is 0 Å². The summed E-state index contributed by atoms with van der Waals surface area (Å²) in [5.41, 5.74) is -0.890. The van der Waals surface area contributed by atoms with E-state index in [9.17, 15) is 9.59 Å². The third kappa shape index (κ3) is 9.81. The summed E-state index contributed by atoms with van der Waals surface area (Å²) < 4.78 is 5.33. The lowest BCUT2D eigenvalue weighted by molar-refractivity contribution is -0.138. The van der Waals surface area contributed by atoms with Gasteiger partial charge in [-0.15, -0.1) is 0 Å². The number of nitrogens with one attached hydrogen (secondary N) is 1. The Morgan fingerprint density at radius 3 is 2.12 bits per heavy atom. The molecule has 0 aliphatic rings. The Bertz CT molecular complexity index is 279. The molecular weight excluding hydrogens is 222 g/mol. The molecule has 0 aromatic heterocycles. The molecule has 0 saturated carbocycles. The molecule has 2 N–H and O–H groups in total. The van der Waals surface area contributed by atoms with Crippen LogP contribution in [0.2, 0.25) is 0 Å². The fourth-order valence-corrected chi connectivity index (χ4v) is 1.18. The molecule has 0 bridgehead atoms. The third-order valence-corrected chi connectivity index (χ3v) is 2.08. The second kappa shape index (κ2) is 6.00. The lowest BCUT2D eigenvalue weighted by Gasteiger charge is -2.27. The van der Waals surface area contributed by atoms with Crippen molar-refractivity contribution in [2.24, 2.45) is 0 Å². The molecule has 0 aliphatic heterocycles. The number of hydrogen-bond donors (Lipinski definition) is 2. The number of rotatable bonds is 6. The van der Waals surface area contributed by atoms with Crippen molar-refractivity contribution in [3.05, 3.63) is 0 Å². The van der Waals surface area contributed by atoms with Crippen LogP contribution in [0, 0.1) is 0 Å². The summed E-state index contributed by atoms with van der Waals surface area (Å²) >= 11 is 0. The summed E-state index contributed by atoms with van der Waals surface area (Å²) in [5.74, 6) is -1.09. The van der Waals surface area contributed by atoms with Gasteiger partial charge in [0.1, 0.15) is 6.61 Å². The lowest BCUT2D eigenvalue weighted by atomic mass is 9.98. The van der Waals surface area contributed by atoms with E-state index in [4.69, 9.17) is 9.84 Å². The first kappa shape index (κ1) is 15.9. The van der Waals surface area contributed by atoms with E-state index >= 15 is 0 Å². The molecular formula is C12H23NO4. The largest absolute Gasteiger partial charge is 0.481 e. The van der Waals surface area contributed by atoms with E-state index in [-0.39, 0.29) is 24.5 Å². The van der Waals surface area contributed by atoms with Crippen LogP contribution in [-0.2, 0) is 14.3 Å². The first-order valence-electron chi connectivity index (χ1n) is 5.69. The SMILES string of the molecule is CC(C)(CCC(=O)O)NC(=O)COC(C)(C)C. The van der Waals surface area contributed by atoms with Crippen molar-refractivity contribution in [3.8, 4) is 0 Å². The van der Waals surface area contributed by atoms with E-state index in [1.54, 1.807) is 13.8 Å². The predicted molar refractivity (Wildman–Crippen MR) is 64.8 cm³/mol. The van der Waals surface area contributed by atoms with Crippen LogP contribution in [-0.4, -0.2) is 34.7 Å². The lowest BCUT2D eigenvalue weighted by Crippen LogP contribution is -2.46. The van der Waals surface area contributed by atoms with E-state index in [0.29, 0.717) is 6.42 Å². The highest BCUT2D eigenvalue weighted by atomic mass is 16.5. The van der Waals surface area contributed by atoms with Gasteiger partial charge >= 0.3 is 5.97 Å². The van der Waals surface area contributed by atoms with Gasteiger partial charge in [-0.05, 0) is 41.0 Å². The highest BCUT2D eigenvalue weighted by Gasteiger charge is 2.22. The van der Waals surface area contributed by atoms with Crippen molar-refractivity contribution in [1.29, 1.82) is 0 Å². The first-order valence-corrected chi connectivity index (χ1v) is 5.69. The van der Waals surface area contributed by atoms with E-state index in [1.165, 1.54) is 0 Å². The van der Waals surface area contributed by atoms with Crippen LogP contribution < -0.4 is 5.32 Å². The minimum absolute atomic E-state index is 0.0139. The smallest absolute Gasteiger partial charge is 0.303 e. The van der Waals surface area contributed by atoms with Gasteiger partial charge < -0.3 is 15.2 Å². The number of carboxylic acid groups (broad SMARTS) is 1. The van der Waals surface area contributed by atoms with Crippen LogP contribution in [0.15, 0.2) is 0 Å². The zero-order valence-corrected chi connectivity index (χ0v) is 11.3. The topological polar surface area (TPSA) is 75.6 Å². The van der Waals surface area contributed by atoms with Crippen molar-refractivity contribution >= 4 is 11.9 Å². The van der Waals surface area contributed by atoms with Crippen LogP contribution >= 0.6 is 0 Å². The quantitative estimate of drug-likeness (QED) is 0.744. The van der Waals surface area contributed by atoms with Gasteiger partial charge in [0, 0.05) is 12.0 Å². The zero-order chi connectivity index (χ0) is 13.7. The molecule has 1 amide bonds. The number of carbonyl (C=O) groups is 2. The summed E-state index contributed by atoms with van der Waals surface area (Å²) in [6.07, 6.45) is 0.428. The average molecular weight is 245 g/mol. The minimum atomic E-state index is -0.863. The predicted octanol–water partition coefficient (Wildman–Crippen LogP) is 1.56. The molecule has 0 spiro atoms. The Kier molecular flexibility index (Phi) is 5.61. The van der Waals surface area contributed by atoms with Gasteiger partial charge in [0.15, 0.2) is 0 Å². The van der Waals surface area contributed by atoms with Crippen LogP contribution in [0.4, 0.5) is 0 Å². The van der Waals surface area contributed by atoms with Gasteiger partial charge in [0.2, 0.25) is 5.91 Å². The Morgan fingerprint density at radius 1 is 1.18 bits per heavy atom. The molecule has 17 heavy (non-hydrogen) atoms. The van der Waals surface area contributed by atoms with E-state index in [2.05, 4.69) is 5.32 Å². The summed E-state index contributed by atoms with van der Waals surface area (Å²) in [5, 5.41) is 11.3. The van der Waals surface area contributed by atoms with Crippen molar-refractivity contribution in [2.45, 2.75) is 58.6 Å². The first-order chi connectivity index (χ1) is 7.52. The van der Waals surface area contributed by atoms with Gasteiger partial charge in [-0.2, -0.15) is 0 Å². The fraction of sp³-hybridized carbons (Fsp3) is 0.833. The second-order valence-electron chi connectivity index (χ2n) is 5.73. The highest BCUT2D eigenvalue weighted by Crippen LogP contribution is 2.12. The van der Waals surface area contributed by atoms with Gasteiger partial charge in [-0.25, -0.2) is 0 Å². The highest BCUT2D eigenvalue weighted by molar-refractivity contribution is 5.78. The number of carboxylic acids is 1. The maximum atomic E-state index is 11.6. The molecule has 0 aromatic rings. The molecule has 0 heterocycles. The fourth-order valence-electron chi connectivity index (χ4n) is 1.18. The summed E-state index contributed by atoms with van der Waals surface area (Å²) in [4.78, 5) is 22.0. The van der Waals surface area contributed by atoms with E-state index in [0.717, 1.165) is 0 Å². The second-order valence-corrected chi connectivity index (χ2v) is 5.73. The molecule has 0 fully saturated rings. The van der Waals surface area contributed by atoms with Gasteiger partial charge in [-0.1, -0.05) is 0 Å². The summed E-state index contributed by atoms with van der Waals surface area (Å²) in [7, 11) is 0. The molecule has 0 radical (unpaired) electrons. The van der Waals surface area contributed by atoms with Crippen LogP contribution in [0.3, 0.4) is 0 Å². The monoisotopic (exact) mass is 245 g/mol. The normalized spacial score (nSPS) is 12.3. The Balaban J connectivity index is 4.05. The van der Waals surface area contributed by atoms with Crippen LogP contribution in [0.25, 0.3) is 0 Å². The van der Waals surface area contributed by atoms with E-state index in [1.807, 2.05) is 20.8 Å². The summed E-state index contributed by atoms with van der Waals surface area (Å²) in [6, 6.07) is 0. The van der Waals surface area contributed by atoms with Crippen molar-refractivity contribution in [2.75, 3.05) is 6.61 Å². The molecule has 0 aromatic carbocycles. The van der Waals surface area contributed by atoms with Crippen molar-refractivity contribution in [1.82, 2.24) is 5.32 Å². The average Bonchev–Trinajstić information content (AvgIpc) is 2.10. The van der Waals surface area contributed by atoms with Gasteiger partial charge in [0.25, 0.3) is 0 Å². The Labute approximate surface area is 103 Å². The molecule has 0 unspecified atom stereocenters. The molecule has 100 valence electrons.